The molecule has 0 aromatic heterocycles. The average molecular weight is 177 g/mol. The third-order valence-corrected chi connectivity index (χ3v) is 2.01. The van der Waals surface area contributed by atoms with Crippen molar-refractivity contribution in [1.82, 2.24) is 0 Å². The second-order valence-electron chi connectivity index (χ2n) is 2.98. The Kier molecular flexibility index (Phi) is 1.85. The Balaban J connectivity index is 2.54. The van der Waals surface area contributed by atoms with E-state index in [1.165, 1.54) is 0 Å². The minimum absolute atomic E-state index is 0.209. The Hall–Kier alpha value is -1.64. The van der Waals surface area contributed by atoms with Crippen LogP contribution in [-0.4, -0.2) is 11.7 Å². The summed E-state index contributed by atoms with van der Waals surface area (Å²) in [4.78, 5) is 0. The van der Waals surface area contributed by atoms with Gasteiger partial charge in [0, 0.05) is 17.7 Å². The highest BCUT2D eigenvalue weighted by Crippen LogP contribution is 2.29. The maximum absolute atomic E-state index is 9.26. The molecule has 0 fully saturated rings. The van der Waals surface area contributed by atoms with E-state index in [9.17, 15) is 5.11 Å². The monoisotopic (exact) mass is 177 g/mol. The van der Waals surface area contributed by atoms with Gasteiger partial charge in [0.25, 0.3) is 0 Å². The fraction of sp³-hybridized carbons (Fsp3) is 0.200. The van der Waals surface area contributed by atoms with Crippen LogP contribution in [0.4, 0.5) is 0 Å². The molecule has 68 valence electrons. The fourth-order valence-electron chi connectivity index (χ4n) is 1.36. The minimum atomic E-state index is 0.209. The number of nitrogens with two attached hydrogens (primary N) is 1. The van der Waals surface area contributed by atoms with Crippen LogP contribution in [0.1, 0.15) is 12.0 Å². The van der Waals surface area contributed by atoms with Gasteiger partial charge in [-0.1, -0.05) is 6.08 Å². The van der Waals surface area contributed by atoms with E-state index in [0.717, 1.165) is 17.7 Å². The van der Waals surface area contributed by atoms with Gasteiger partial charge in [0.1, 0.15) is 11.5 Å². The van der Waals surface area contributed by atoms with Crippen LogP contribution in [0.2, 0.25) is 0 Å². The third kappa shape index (κ3) is 1.45. The molecule has 1 aromatic carbocycles. The van der Waals surface area contributed by atoms with Gasteiger partial charge in [-0.25, -0.2) is 0 Å². The molecule has 0 saturated carbocycles. The molecule has 1 aromatic rings. The molecule has 0 aliphatic carbocycles. The normalized spacial score (nSPS) is 15.2. The topological polar surface area (TPSA) is 55.5 Å². The number of phenolic OH excluding ortho intramolecular Hbond substituents is 1. The number of ether oxygens (including phenoxy) is 1. The summed E-state index contributed by atoms with van der Waals surface area (Å²) >= 11 is 0. The van der Waals surface area contributed by atoms with Crippen LogP contribution in [0.15, 0.2) is 24.3 Å². The zero-order chi connectivity index (χ0) is 9.26. The molecule has 3 nitrogen and oxygen atoms in total. The molecule has 1 aliphatic heterocycles. The van der Waals surface area contributed by atoms with Crippen molar-refractivity contribution >= 4 is 5.70 Å². The highest BCUT2D eigenvalue weighted by atomic mass is 16.5. The molecule has 0 spiro atoms. The van der Waals surface area contributed by atoms with Crippen LogP contribution < -0.4 is 10.5 Å². The summed E-state index contributed by atoms with van der Waals surface area (Å²) in [7, 11) is 0. The molecule has 13 heavy (non-hydrogen) atoms. The van der Waals surface area contributed by atoms with E-state index in [1.807, 2.05) is 6.08 Å². The predicted octanol–water partition coefficient (Wildman–Crippen LogP) is 1.47. The first kappa shape index (κ1) is 7.98. The first-order valence-electron chi connectivity index (χ1n) is 4.19. The van der Waals surface area contributed by atoms with Crippen LogP contribution in [0.3, 0.4) is 0 Å². The summed E-state index contributed by atoms with van der Waals surface area (Å²) in [6.45, 7) is 0.637. The SMILES string of the molecule is NC1=CCCOc2ccc(O)cc21. The summed E-state index contributed by atoms with van der Waals surface area (Å²) in [5.74, 6) is 0.949. The van der Waals surface area contributed by atoms with E-state index < -0.39 is 0 Å². The molecular formula is C10H11NO2. The largest absolute Gasteiger partial charge is 0.508 e. The number of fused-ring (bicyclic) bond motifs is 1. The lowest BCUT2D eigenvalue weighted by atomic mass is 10.1. The highest BCUT2D eigenvalue weighted by Gasteiger charge is 2.10. The van der Waals surface area contributed by atoms with Gasteiger partial charge in [0.05, 0.1) is 6.61 Å². The molecule has 0 amide bonds. The zero-order valence-electron chi connectivity index (χ0n) is 7.16. The van der Waals surface area contributed by atoms with Gasteiger partial charge in [-0.05, 0) is 18.2 Å². The molecule has 1 aliphatic rings. The summed E-state index contributed by atoms with van der Waals surface area (Å²) < 4.78 is 5.43. The molecular weight excluding hydrogens is 166 g/mol. The summed E-state index contributed by atoms with van der Waals surface area (Å²) in [6, 6.07) is 4.95. The van der Waals surface area contributed by atoms with E-state index in [1.54, 1.807) is 18.2 Å². The molecule has 0 unspecified atom stereocenters. The van der Waals surface area contributed by atoms with Crippen molar-refractivity contribution in [2.24, 2.45) is 5.73 Å². The van der Waals surface area contributed by atoms with E-state index >= 15 is 0 Å². The number of phenols is 1. The minimum Gasteiger partial charge on any atom is -0.508 e. The van der Waals surface area contributed by atoms with Gasteiger partial charge in [-0.15, -0.1) is 0 Å². The van der Waals surface area contributed by atoms with Gasteiger partial charge in [-0.3, -0.25) is 0 Å². The maximum atomic E-state index is 9.26. The van der Waals surface area contributed by atoms with E-state index in [0.29, 0.717) is 12.3 Å². The molecule has 3 N–H and O–H groups in total. The molecule has 2 rings (SSSR count). The van der Waals surface area contributed by atoms with Crippen LogP contribution in [0, 0.1) is 0 Å². The van der Waals surface area contributed by atoms with Gasteiger partial charge in [0.15, 0.2) is 0 Å². The zero-order valence-corrected chi connectivity index (χ0v) is 7.16. The molecule has 1 heterocycles. The van der Waals surface area contributed by atoms with Crippen LogP contribution in [0.5, 0.6) is 11.5 Å². The van der Waals surface area contributed by atoms with Crippen molar-refractivity contribution in [3.05, 3.63) is 29.8 Å². The number of rotatable bonds is 0. The Labute approximate surface area is 76.4 Å². The second-order valence-corrected chi connectivity index (χ2v) is 2.98. The number of benzene rings is 1. The van der Waals surface area contributed by atoms with Gasteiger partial charge in [0.2, 0.25) is 0 Å². The number of hydrogen-bond acceptors (Lipinski definition) is 3. The summed E-state index contributed by atoms with van der Waals surface area (Å²) in [5.41, 5.74) is 7.23. The smallest absolute Gasteiger partial charge is 0.128 e. The lowest BCUT2D eigenvalue weighted by Gasteiger charge is -2.07. The number of aromatic hydroxyl groups is 1. The number of hydrogen-bond donors (Lipinski definition) is 2. The van der Waals surface area contributed by atoms with Crippen molar-refractivity contribution in [3.8, 4) is 11.5 Å². The van der Waals surface area contributed by atoms with Crippen molar-refractivity contribution < 1.29 is 9.84 Å². The molecule has 0 radical (unpaired) electrons. The van der Waals surface area contributed by atoms with Crippen molar-refractivity contribution in [2.45, 2.75) is 6.42 Å². The molecule has 0 atom stereocenters. The maximum Gasteiger partial charge on any atom is 0.128 e. The fourth-order valence-corrected chi connectivity index (χ4v) is 1.36. The standard InChI is InChI=1S/C10H11NO2/c11-9-2-1-5-13-10-4-3-7(12)6-8(9)10/h2-4,6,12H,1,5,11H2. The first-order chi connectivity index (χ1) is 6.27. The van der Waals surface area contributed by atoms with Crippen LogP contribution >= 0.6 is 0 Å². The molecule has 0 bridgehead atoms. The van der Waals surface area contributed by atoms with E-state index in [-0.39, 0.29) is 5.75 Å². The quantitative estimate of drug-likeness (QED) is 0.631. The Morgan fingerprint density at radius 3 is 3.08 bits per heavy atom. The summed E-state index contributed by atoms with van der Waals surface area (Å²) in [5, 5.41) is 9.26. The molecule has 3 heteroatoms. The average Bonchev–Trinajstić information content (AvgIpc) is 2.29. The Morgan fingerprint density at radius 1 is 1.38 bits per heavy atom. The lowest BCUT2D eigenvalue weighted by molar-refractivity contribution is 0.326. The first-order valence-corrected chi connectivity index (χ1v) is 4.19. The van der Waals surface area contributed by atoms with Crippen molar-refractivity contribution in [3.63, 3.8) is 0 Å². The third-order valence-electron chi connectivity index (χ3n) is 2.01. The van der Waals surface area contributed by atoms with Crippen LogP contribution in [0.25, 0.3) is 5.70 Å². The predicted molar refractivity (Wildman–Crippen MR) is 50.4 cm³/mol. The van der Waals surface area contributed by atoms with Crippen LogP contribution in [-0.2, 0) is 0 Å². The molecule has 0 saturated heterocycles. The second kappa shape index (κ2) is 3.01. The van der Waals surface area contributed by atoms with E-state index in [2.05, 4.69) is 0 Å². The van der Waals surface area contributed by atoms with Gasteiger partial charge < -0.3 is 15.6 Å². The van der Waals surface area contributed by atoms with Gasteiger partial charge >= 0.3 is 0 Å². The Bertz CT molecular complexity index is 358. The summed E-state index contributed by atoms with van der Waals surface area (Å²) in [6.07, 6.45) is 2.71. The highest BCUT2D eigenvalue weighted by molar-refractivity contribution is 5.69. The van der Waals surface area contributed by atoms with Gasteiger partial charge in [-0.2, -0.15) is 0 Å². The lowest BCUT2D eigenvalue weighted by Crippen LogP contribution is -1.97. The van der Waals surface area contributed by atoms with Crippen molar-refractivity contribution in [1.29, 1.82) is 0 Å². The van der Waals surface area contributed by atoms with E-state index in [4.69, 9.17) is 10.5 Å². The Morgan fingerprint density at radius 2 is 2.23 bits per heavy atom. The van der Waals surface area contributed by atoms with Crippen molar-refractivity contribution in [2.75, 3.05) is 6.61 Å².